The van der Waals surface area contributed by atoms with E-state index in [0.29, 0.717) is 14.6 Å². The number of hydrogen-bond donors (Lipinski definition) is 1. The molecule has 0 aromatic carbocycles. The van der Waals surface area contributed by atoms with Crippen LogP contribution in [0, 0.1) is 0 Å². The molecule has 2 heterocycles. The maximum absolute atomic E-state index is 11.0. The van der Waals surface area contributed by atoms with Crippen molar-refractivity contribution in [1.29, 1.82) is 0 Å². The molecule has 84 valence electrons. The van der Waals surface area contributed by atoms with E-state index in [9.17, 15) is 4.79 Å². The number of aromatic nitrogens is 1. The monoisotopic (exact) mass is 301 g/mol. The number of halogens is 1. The zero-order valence-corrected chi connectivity index (χ0v) is 10.8. The van der Waals surface area contributed by atoms with Crippen molar-refractivity contribution in [3.05, 3.63) is 27.5 Å². The maximum Gasteiger partial charge on any atom is 0.356 e. The molecule has 0 radical (unpaired) electrons. The van der Waals surface area contributed by atoms with Gasteiger partial charge in [-0.2, -0.15) is 0 Å². The highest BCUT2D eigenvalue weighted by Crippen LogP contribution is 2.34. The van der Waals surface area contributed by atoms with Gasteiger partial charge in [0.1, 0.15) is 16.4 Å². The van der Waals surface area contributed by atoms with E-state index in [-0.39, 0.29) is 5.69 Å². The molecular weight excluding hydrogens is 294 g/mol. The molecule has 0 spiro atoms. The summed E-state index contributed by atoms with van der Waals surface area (Å²) in [6.45, 7) is 1.98. The van der Waals surface area contributed by atoms with E-state index in [0.717, 1.165) is 12.2 Å². The second-order valence-corrected chi connectivity index (χ2v) is 5.34. The number of furan rings is 1. The number of thiazole rings is 1. The number of carboxylic acids is 1. The first-order chi connectivity index (χ1) is 7.61. The van der Waals surface area contributed by atoms with Crippen molar-refractivity contribution in [2.45, 2.75) is 13.3 Å². The third-order valence-electron chi connectivity index (χ3n) is 2.04. The van der Waals surface area contributed by atoms with Gasteiger partial charge in [0, 0.05) is 6.42 Å². The van der Waals surface area contributed by atoms with Gasteiger partial charge >= 0.3 is 5.97 Å². The van der Waals surface area contributed by atoms with Crippen LogP contribution in [0.25, 0.3) is 10.6 Å². The molecule has 0 aliphatic carbocycles. The lowest BCUT2D eigenvalue weighted by atomic mass is 10.3. The SMILES string of the molecule is CCc1ccc(-c2sc(Br)nc2C(=O)O)o1. The highest BCUT2D eigenvalue weighted by atomic mass is 79.9. The first-order valence-electron chi connectivity index (χ1n) is 4.60. The average molecular weight is 302 g/mol. The zero-order valence-electron chi connectivity index (χ0n) is 8.36. The minimum atomic E-state index is -1.05. The smallest absolute Gasteiger partial charge is 0.356 e. The van der Waals surface area contributed by atoms with Gasteiger partial charge in [-0.05, 0) is 28.1 Å². The number of aryl methyl sites for hydroxylation is 1. The third kappa shape index (κ3) is 2.03. The summed E-state index contributed by atoms with van der Waals surface area (Å²) in [6.07, 6.45) is 0.780. The highest BCUT2D eigenvalue weighted by molar-refractivity contribution is 9.11. The van der Waals surface area contributed by atoms with Crippen LogP contribution in [0.3, 0.4) is 0 Å². The zero-order chi connectivity index (χ0) is 11.7. The summed E-state index contributed by atoms with van der Waals surface area (Å²) in [5.41, 5.74) is 0.0221. The predicted molar refractivity (Wildman–Crippen MR) is 63.9 cm³/mol. The van der Waals surface area contributed by atoms with Crippen molar-refractivity contribution < 1.29 is 14.3 Å². The van der Waals surface area contributed by atoms with Crippen LogP contribution >= 0.6 is 27.3 Å². The van der Waals surface area contributed by atoms with E-state index in [1.165, 1.54) is 11.3 Å². The lowest BCUT2D eigenvalue weighted by Gasteiger charge is -1.93. The van der Waals surface area contributed by atoms with Crippen LogP contribution < -0.4 is 0 Å². The number of carboxylic acid groups (broad SMARTS) is 1. The molecule has 0 atom stereocenters. The fourth-order valence-corrected chi connectivity index (χ4v) is 2.70. The van der Waals surface area contributed by atoms with Gasteiger partial charge in [-0.25, -0.2) is 9.78 Å². The maximum atomic E-state index is 11.0. The fraction of sp³-hybridized carbons (Fsp3) is 0.200. The number of nitrogens with zero attached hydrogens (tertiary/aromatic N) is 1. The molecular formula is C10H8BrNO3S. The molecule has 2 rings (SSSR count). The van der Waals surface area contributed by atoms with Crippen LogP contribution in [0.2, 0.25) is 0 Å². The number of aromatic carboxylic acids is 1. The fourth-order valence-electron chi connectivity index (χ4n) is 1.30. The summed E-state index contributed by atoms with van der Waals surface area (Å²) in [5.74, 6) is 0.333. The minimum absolute atomic E-state index is 0.0221. The Hall–Kier alpha value is -1.14. The van der Waals surface area contributed by atoms with E-state index in [4.69, 9.17) is 9.52 Å². The Bertz CT molecular complexity index is 532. The normalized spacial score (nSPS) is 10.6. The second-order valence-electron chi connectivity index (χ2n) is 3.07. The van der Waals surface area contributed by atoms with Gasteiger partial charge < -0.3 is 9.52 Å². The Morgan fingerprint density at radius 2 is 2.38 bits per heavy atom. The summed E-state index contributed by atoms with van der Waals surface area (Å²) in [4.78, 5) is 15.4. The van der Waals surface area contributed by atoms with Gasteiger partial charge in [0.15, 0.2) is 9.61 Å². The van der Waals surface area contributed by atoms with Crippen LogP contribution in [0.4, 0.5) is 0 Å². The Balaban J connectivity index is 2.50. The van der Waals surface area contributed by atoms with E-state index >= 15 is 0 Å². The number of rotatable bonds is 3. The van der Waals surface area contributed by atoms with Crippen molar-refractivity contribution in [3.8, 4) is 10.6 Å². The lowest BCUT2D eigenvalue weighted by molar-refractivity contribution is 0.0692. The molecule has 2 aromatic rings. The number of hydrogen-bond acceptors (Lipinski definition) is 4. The molecule has 2 aromatic heterocycles. The van der Waals surface area contributed by atoms with Gasteiger partial charge in [-0.3, -0.25) is 0 Å². The summed E-state index contributed by atoms with van der Waals surface area (Å²) in [7, 11) is 0. The molecule has 0 saturated heterocycles. The summed E-state index contributed by atoms with van der Waals surface area (Å²) in [5, 5.41) is 8.99. The molecule has 1 N–H and O–H groups in total. The topological polar surface area (TPSA) is 63.3 Å². The molecule has 0 aliphatic heterocycles. The first-order valence-corrected chi connectivity index (χ1v) is 6.21. The Labute approximate surface area is 104 Å². The van der Waals surface area contributed by atoms with Crippen molar-refractivity contribution in [3.63, 3.8) is 0 Å². The van der Waals surface area contributed by atoms with Crippen molar-refractivity contribution in [1.82, 2.24) is 4.98 Å². The third-order valence-corrected chi connectivity index (χ3v) is 3.56. The molecule has 0 aliphatic rings. The predicted octanol–water partition coefficient (Wildman–Crippen LogP) is 3.43. The molecule has 0 fully saturated rings. The molecule has 4 nitrogen and oxygen atoms in total. The van der Waals surface area contributed by atoms with Gasteiger partial charge in [0.2, 0.25) is 0 Å². The molecule has 0 amide bonds. The van der Waals surface area contributed by atoms with E-state index in [1.54, 1.807) is 6.07 Å². The summed E-state index contributed by atoms with van der Waals surface area (Å²) >= 11 is 4.43. The van der Waals surface area contributed by atoms with E-state index in [1.807, 2.05) is 13.0 Å². The second kappa shape index (κ2) is 4.39. The molecule has 0 saturated carbocycles. The van der Waals surface area contributed by atoms with Crippen molar-refractivity contribution in [2.75, 3.05) is 0 Å². The van der Waals surface area contributed by atoms with Gasteiger partial charge in [-0.15, -0.1) is 11.3 Å². The lowest BCUT2D eigenvalue weighted by Crippen LogP contribution is -1.98. The average Bonchev–Trinajstić information content (AvgIpc) is 2.82. The largest absolute Gasteiger partial charge is 0.476 e. The van der Waals surface area contributed by atoms with E-state index in [2.05, 4.69) is 20.9 Å². The first kappa shape index (κ1) is 11.3. The standard InChI is InChI=1S/C10H8BrNO3S/c1-2-5-3-4-6(15-5)8-7(9(13)14)12-10(11)16-8/h3-4H,2H2,1H3,(H,13,14). The molecule has 0 unspecified atom stereocenters. The Morgan fingerprint density at radius 3 is 2.94 bits per heavy atom. The number of carbonyl (C=O) groups is 1. The highest BCUT2D eigenvalue weighted by Gasteiger charge is 2.20. The Kier molecular flexibility index (Phi) is 3.11. The summed E-state index contributed by atoms with van der Waals surface area (Å²) in [6, 6.07) is 3.61. The molecule has 0 bridgehead atoms. The van der Waals surface area contributed by atoms with Gasteiger partial charge in [0.25, 0.3) is 0 Å². The van der Waals surface area contributed by atoms with E-state index < -0.39 is 5.97 Å². The minimum Gasteiger partial charge on any atom is -0.476 e. The van der Waals surface area contributed by atoms with Crippen LogP contribution in [0.15, 0.2) is 20.5 Å². The van der Waals surface area contributed by atoms with Crippen LogP contribution in [-0.4, -0.2) is 16.1 Å². The van der Waals surface area contributed by atoms with Crippen LogP contribution in [0.5, 0.6) is 0 Å². The summed E-state index contributed by atoms with van der Waals surface area (Å²) < 4.78 is 6.05. The van der Waals surface area contributed by atoms with Gasteiger partial charge in [-0.1, -0.05) is 6.92 Å². The Morgan fingerprint density at radius 1 is 1.62 bits per heavy atom. The molecule has 16 heavy (non-hydrogen) atoms. The quantitative estimate of drug-likeness (QED) is 0.943. The van der Waals surface area contributed by atoms with Crippen molar-refractivity contribution >= 4 is 33.2 Å². The van der Waals surface area contributed by atoms with Crippen LogP contribution in [-0.2, 0) is 6.42 Å². The van der Waals surface area contributed by atoms with Crippen molar-refractivity contribution in [2.24, 2.45) is 0 Å². The van der Waals surface area contributed by atoms with Crippen LogP contribution in [0.1, 0.15) is 23.2 Å². The van der Waals surface area contributed by atoms with Gasteiger partial charge in [0.05, 0.1) is 0 Å². The molecule has 6 heteroatoms.